The van der Waals surface area contributed by atoms with Crippen LogP contribution in [0.15, 0.2) is 48.5 Å². The van der Waals surface area contributed by atoms with Gasteiger partial charge in [0.25, 0.3) is 0 Å². The first-order chi connectivity index (χ1) is 11.2. The molecule has 3 rings (SSSR count). The largest absolute Gasteiger partial charge is 0.489 e. The molecule has 2 aromatic carbocycles. The second-order valence-electron chi connectivity index (χ2n) is 6.08. The van der Waals surface area contributed by atoms with Gasteiger partial charge in [-0.1, -0.05) is 23.7 Å². The summed E-state index contributed by atoms with van der Waals surface area (Å²) in [6.45, 7) is 3.01. The molecule has 0 aliphatic carbocycles. The summed E-state index contributed by atoms with van der Waals surface area (Å²) in [7, 11) is 2.17. The fourth-order valence-corrected chi connectivity index (χ4v) is 3.03. The van der Waals surface area contributed by atoms with Crippen molar-refractivity contribution in [1.29, 1.82) is 0 Å². The predicted molar refractivity (Wildman–Crippen MR) is 93.7 cm³/mol. The van der Waals surface area contributed by atoms with Crippen molar-refractivity contribution in [3.63, 3.8) is 0 Å². The number of hydrogen-bond donors (Lipinski definition) is 0. The number of rotatable bonds is 5. The number of piperidine rings is 1. The minimum atomic E-state index is 0.581. The molecule has 4 heteroatoms. The summed E-state index contributed by atoms with van der Waals surface area (Å²) in [5, 5.41) is 0.698. The van der Waals surface area contributed by atoms with Gasteiger partial charge in [0.1, 0.15) is 5.75 Å². The fraction of sp³-hybridized carbons (Fsp3) is 0.368. The maximum Gasteiger partial charge on any atom is 0.169 e. The predicted octanol–water partition coefficient (Wildman–Crippen LogP) is 4.85. The van der Waals surface area contributed by atoms with E-state index in [1.807, 2.05) is 48.5 Å². The Hall–Kier alpha value is -1.71. The van der Waals surface area contributed by atoms with Crippen LogP contribution in [0.3, 0.4) is 0 Å². The topological polar surface area (TPSA) is 21.7 Å². The normalized spacial score (nSPS) is 18.6. The molecular weight excluding hydrogens is 310 g/mol. The Morgan fingerprint density at radius 2 is 1.83 bits per heavy atom. The van der Waals surface area contributed by atoms with Gasteiger partial charge in [-0.15, -0.1) is 0 Å². The molecule has 1 aliphatic heterocycles. The molecule has 1 heterocycles. The molecule has 122 valence electrons. The third-order valence-corrected chi connectivity index (χ3v) is 4.34. The third kappa shape index (κ3) is 4.63. The number of likely N-dealkylation sites (tertiary alicyclic amines) is 1. The monoisotopic (exact) mass is 331 g/mol. The van der Waals surface area contributed by atoms with Crippen molar-refractivity contribution < 1.29 is 9.47 Å². The summed E-state index contributed by atoms with van der Waals surface area (Å²) in [4.78, 5) is 2.37. The van der Waals surface area contributed by atoms with Crippen LogP contribution >= 0.6 is 11.6 Å². The summed E-state index contributed by atoms with van der Waals surface area (Å²) in [5.41, 5.74) is 0. The number of halogens is 1. The highest BCUT2D eigenvalue weighted by molar-refractivity contribution is 6.30. The van der Waals surface area contributed by atoms with Gasteiger partial charge in [0.15, 0.2) is 11.5 Å². The average molecular weight is 332 g/mol. The maximum atomic E-state index is 6.04. The number of benzene rings is 2. The summed E-state index contributed by atoms with van der Waals surface area (Å²) in [5.74, 6) is 2.86. The van der Waals surface area contributed by atoms with E-state index in [2.05, 4.69) is 11.9 Å². The lowest BCUT2D eigenvalue weighted by molar-refractivity contribution is 0.148. The van der Waals surface area contributed by atoms with Gasteiger partial charge in [-0.05, 0) is 62.8 Å². The molecule has 0 aromatic heterocycles. The molecule has 1 unspecified atom stereocenters. The molecule has 1 aliphatic rings. The first kappa shape index (κ1) is 16.2. The molecule has 0 saturated carbocycles. The summed E-state index contributed by atoms with van der Waals surface area (Å²) >= 11 is 5.91. The van der Waals surface area contributed by atoms with Gasteiger partial charge in [-0.25, -0.2) is 0 Å². The molecule has 23 heavy (non-hydrogen) atoms. The number of para-hydroxylation sites is 2. The second kappa shape index (κ2) is 7.71. The Morgan fingerprint density at radius 3 is 2.57 bits per heavy atom. The minimum Gasteiger partial charge on any atom is -0.489 e. The van der Waals surface area contributed by atoms with Crippen LogP contribution in [-0.4, -0.2) is 31.6 Å². The van der Waals surface area contributed by atoms with Crippen LogP contribution in [0.1, 0.15) is 12.8 Å². The van der Waals surface area contributed by atoms with E-state index < -0.39 is 0 Å². The highest BCUT2D eigenvalue weighted by atomic mass is 35.5. The van der Waals surface area contributed by atoms with Crippen LogP contribution in [-0.2, 0) is 0 Å². The number of nitrogens with zero attached hydrogens (tertiary/aromatic N) is 1. The third-order valence-electron chi connectivity index (χ3n) is 4.09. The molecule has 3 nitrogen and oxygen atoms in total. The van der Waals surface area contributed by atoms with Gasteiger partial charge in [0, 0.05) is 17.5 Å². The van der Waals surface area contributed by atoms with E-state index in [0.717, 1.165) is 30.4 Å². The summed E-state index contributed by atoms with van der Waals surface area (Å²) in [6, 6.07) is 15.2. The molecule has 2 aromatic rings. The number of ether oxygens (including phenoxy) is 2. The lowest BCUT2D eigenvalue weighted by atomic mass is 10.00. The molecule has 0 amide bonds. The first-order valence-corrected chi connectivity index (χ1v) is 8.42. The van der Waals surface area contributed by atoms with Crippen LogP contribution in [0, 0.1) is 5.92 Å². The molecule has 0 radical (unpaired) electrons. The van der Waals surface area contributed by atoms with Gasteiger partial charge in [-0.2, -0.15) is 0 Å². The van der Waals surface area contributed by atoms with E-state index in [9.17, 15) is 0 Å². The van der Waals surface area contributed by atoms with Crippen molar-refractivity contribution >= 4 is 11.6 Å². The van der Waals surface area contributed by atoms with Gasteiger partial charge in [0.2, 0.25) is 0 Å². The Morgan fingerprint density at radius 1 is 1.09 bits per heavy atom. The van der Waals surface area contributed by atoms with E-state index in [1.54, 1.807) is 0 Å². The highest BCUT2D eigenvalue weighted by Gasteiger charge is 2.18. The van der Waals surface area contributed by atoms with Gasteiger partial charge < -0.3 is 14.4 Å². The second-order valence-corrected chi connectivity index (χ2v) is 6.52. The Balaban J connectivity index is 1.64. The first-order valence-electron chi connectivity index (χ1n) is 8.04. The van der Waals surface area contributed by atoms with Crippen molar-refractivity contribution in [2.75, 3.05) is 26.7 Å². The van der Waals surface area contributed by atoms with E-state index in [-0.39, 0.29) is 0 Å². The van der Waals surface area contributed by atoms with Crippen LogP contribution in [0.4, 0.5) is 0 Å². The molecular formula is C19H22ClNO2. The highest BCUT2D eigenvalue weighted by Crippen LogP contribution is 2.32. The van der Waals surface area contributed by atoms with Gasteiger partial charge in [-0.3, -0.25) is 0 Å². The summed E-state index contributed by atoms with van der Waals surface area (Å²) < 4.78 is 12.0. The lowest BCUT2D eigenvalue weighted by Crippen LogP contribution is -2.34. The molecule has 0 bridgehead atoms. The molecule has 1 saturated heterocycles. The van der Waals surface area contributed by atoms with Crippen LogP contribution in [0.5, 0.6) is 17.2 Å². The van der Waals surface area contributed by atoms with Crippen LogP contribution < -0.4 is 9.47 Å². The number of hydrogen-bond acceptors (Lipinski definition) is 3. The zero-order valence-corrected chi connectivity index (χ0v) is 14.1. The van der Waals surface area contributed by atoms with Crippen molar-refractivity contribution in [3.8, 4) is 17.2 Å². The Bertz CT molecular complexity index is 630. The standard InChI is InChI=1S/C19H22ClNO2/c1-21-12-4-5-15(13-21)14-22-18-6-2-3-7-19(18)23-17-10-8-16(20)9-11-17/h2-3,6-11,15H,4-5,12-14H2,1H3. The molecule has 1 atom stereocenters. The van der Waals surface area contributed by atoms with E-state index in [4.69, 9.17) is 21.1 Å². The van der Waals surface area contributed by atoms with Gasteiger partial charge in [0.05, 0.1) is 6.61 Å². The van der Waals surface area contributed by atoms with E-state index in [0.29, 0.717) is 10.9 Å². The molecule has 1 fully saturated rings. The molecule has 0 N–H and O–H groups in total. The Kier molecular flexibility index (Phi) is 5.42. The average Bonchev–Trinajstić information content (AvgIpc) is 2.56. The smallest absolute Gasteiger partial charge is 0.169 e. The van der Waals surface area contributed by atoms with Gasteiger partial charge >= 0.3 is 0 Å². The zero-order chi connectivity index (χ0) is 16.1. The van der Waals surface area contributed by atoms with Crippen molar-refractivity contribution in [3.05, 3.63) is 53.6 Å². The van der Waals surface area contributed by atoms with Crippen molar-refractivity contribution in [2.45, 2.75) is 12.8 Å². The van der Waals surface area contributed by atoms with Crippen LogP contribution in [0.25, 0.3) is 0 Å². The zero-order valence-electron chi connectivity index (χ0n) is 13.4. The Labute approximate surface area is 142 Å². The van der Waals surface area contributed by atoms with Crippen LogP contribution in [0.2, 0.25) is 5.02 Å². The van der Waals surface area contributed by atoms with Crippen molar-refractivity contribution in [2.24, 2.45) is 5.92 Å². The SMILES string of the molecule is CN1CCCC(COc2ccccc2Oc2ccc(Cl)cc2)C1. The lowest BCUT2D eigenvalue weighted by Gasteiger charge is -2.29. The van der Waals surface area contributed by atoms with Crippen molar-refractivity contribution in [1.82, 2.24) is 4.90 Å². The maximum absolute atomic E-state index is 6.04. The summed E-state index contributed by atoms with van der Waals surface area (Å²) in [6.07, 6.45) is 2.47. The minimum absolute atomic E-state index is 0.581. The van der Waals surface area contributed by atoms with E-state index in [1.165, 1.54) is 19.4 Å². The quantitative estimate of drug-likeness (QED) is 0.781. The van der Waals surface area contributed by atoms with E-state index >= 15 is 0 Å². The fourth-order valence-electron chi connectivity index (χ4n) is 2.90. The molecule has 0 spiro atoms.